The van der Waals surface area contributed by atoms with E-state index in [4.69, 9.17) is 29.5 Å². The van der Waals surface area contributed by atoms with Crippen molar-refractivity contribution in [2.45, 2.75) is 96.8 Å². The maximum atomic E-state index is 7.12. The van der Waals surface area contributed by atoms with Crippen LogP contribution in [0.1, 0.15) is 53.9 Å². The Kier molecular flexibility index (Phi) is 11.7. The topological polar surface area (TPSA) is 28.1 Å². The zero-order valence-electron chi connectivity index (χ0n) is 22.2. The van der Waals surface area contributed by atoms with Crippen LogP contribution in [0.4, 0.5) is 0 Å². The number of fused-ring (bicyclic) bond motifs is 1. The second-order valence-electron chi connectivity index (χ2n) is 11.8. The molecule has 1 saturated carbocycles. The average Bonchev–Trinajstić information content (AvgIpc) is 2.94. The van der Waals surface area contributed by atoms with E-state index in [1.807, 2.05) is 0 Å². The second-order valence-corrected chi connectivity index (χ2v) is 23.1. The number of guanidine groups is 1. The molecule has 3 rings (SSSR count). The summed E-state index contributed by atoms with van der Waals surface area (Å²) < 4.78 is 9.91. The van der Waals surface area contributed by atoms with Crippen LogP contribution < -0.4 is 0 Å². The predicted octanol–water partition coefficient (Wildman–Crippen LogP) is 7.22. The molecule has 2 heterocycles. The van der Waals surface area contributed by atoms with Crippen LogP contribution in [0.3, 0.4) is 0 Å². The van der Waals surface area contributed by atoms with E-state index in [1.54, 1.807) is 0 Å². The molecule has 2 fully saturated rings. The van der Waals surface area contributed by atoms with Crippen LogP contribution in [0.25, 0.3) is 0 Å². The van der Waals surface area contributed by atoms with E-state index in [0.29, 0.717) is 11.6 Å². The quantitative estimate of drug-likeness (QED) is 0.268. The van der Waals surface area contributed by atoms with Gasteiger partial charge in [-0.2, -0.15) is 0 Å². The molecule has 2 aliphatic heterocycles. The van der Waals surface area contributed by atoms with Gasteiger partial charge in [0.2, 0.25) is 0 Å². The first-order valence-electron chi connectivity index (χ1n) is 11.9. The zero-order chi connectivity index (χ0) is 23.6. The molecule has 0 radical (unpaired) electrons. The number of hydrogen-bond acceptors (Lipinski definition) is 4. The van der Waals surface area contributed by atoms with Crippen LogP contribution in [-0.2, 0) is 17.8 Å². The van der Waals surface area contributed by atoms with Crippen molar-refractivity contribution in [3.63, 3.8) is 0 Å². The molecule has 1 aliphatic carbocycles. The predicted molar refractivity (Wildman–Crippen MR) is 144 cm³/mol. The van der Waals surface area contributed by atoms with Crippen LogP contribution >= 0.6 is 20.1 Å². The van der Waals surface area contributed by atoms with Crippen LogP contribution in [0.5, 0.6) is 0 Å². The van der Waals surface area contributed by atoms with Gasteiger partial charge < -0.3 is 21.3 Å². The van der Waals surface area contributed by atoms with Gasteiger partial charge in [-0.1, -0.05) is 47.7 Å². The molecule has 0 bridgehead atoms. The van der Waals surface area contributed by atoms with Gasteiger partial charge in [0.15, 0.2) is 22.5 Å². The Morgan fingerprint density at radius 1 is 1.03 bits per heavy atom. The van der Waals surface area contributed by atoms with Gasteiger partial charge in [0.25, 0.3) is 0 Å². The van der Waals surface area contributed by atoms with Gasteiger partial charge in [-0.15, -0.1) is 0 Å². The Morgan fingerprint density at radius 3 is 2.16 bits per heavy atom. The number of aliphatic imine (C=N–C) groups is 1. The first-order valence-corrected chi connectivity index (χ1v) is 21.4. The number of nitrogens with zero attached hydrogens (tertiary/aromatic N) is 3. The van der Waals surface area contributed by atoms with Crippen LogP contribution in [-0.4, -0.2) is 64.3 Å². The van der Waals surface area contributed by atoms with Crippen molar-refractivity contribution >= 4 is 42.6 Å². The fourth-order valence-corrected chi connectivity index (χ4v) is 11.6. The third-order valence-electron chi connectivity index (χ3n) is 8.41. The Hall–Kier alpha value is 0.776. The third kappa shape index (κ3) is 6.71. The number of halogens is 2. The first-order chi connectivity index (χ1) is 14.3. The molecular formula is C23H48Cl2CrN3OSi2-. The molecule has 0 spiro atoms. The molecule has 0 aromatic rings. The van der Waals surface area contributed by atoms with E-state index >= 15 is 0 Å². The van der Waals surface area contributed by atoms with E-state index in [-0.39, 0.29) is 25.8 Å². The number of rotatable bonds is 4. The molecule has 1 saturated heterocycles. The van der Waals surface area contributed by atoms with Crippen molar-refractivity contribution in [1.29, 1.82) is 0 Å². The van der Waals surface area contributed by atoms with Crippen molar-refractivity contribution < 1.29 is 17.8 Å². The molecule has 4 nitrogen and oxygen atoms in total. The van der Waals surface area contributed by atoms with Gasteiger partial charge in [0.1, 0.15) is 0 Å². The van der Waals surface area contributed by atoms with Crippen LogP contribution in [0.2, 0.25) is 36.8 Å². The summed E-state index contributed by atoms with van der Waals surface area (Å²) in [7, 11) is 6.14. The van der Waals surface area contributed by atoms with E-state index in [9.17, 15) is 0 Å². The summed E-state index contributed by atoms with van der Waals surface area (Å²) in [4.78, 5) is 7.59. The SMILES string of the molecule is CC1CC(O[Si](C)(C)C(C)(C)C)C([Si](C)(C)N2CCCN3CCCN=C32)C1C.[CH3-].[Cl][Cr][Cl]. The summed E-state index contributed by atoms with van der Waals surface area (Å²) >= 11 is -0.181. The average molecular weight is 562 g/mol. The van der Waals surface area contributed by atoms with Gasteiger partial charge in [0, 0.05) is 37.8 Å². The maximum absolute atomic E-state index is 7.12. The fraction of sp³-hybridized carbons (Fsp3) is 0.913. The van der Waals surface area contributed by atoms with Crippen molar-refractivity contribution in [3.05, 3.63) is 7.43 Å². The molecule has 9 heteroatoms. The van der Waals surface area contributed by atoms with E-state index < -0.39 is 16.6 Å². The molecule has 4 unspecified atom stereocenters. The monoisotopic (exact) mass is 560 g/mol. The van der Waals surface area contributed by atoms with E-state index in [2.05, 4.69) is 70.3 Å². The summed E-state index contributed by atoms with van der Waals surface area (Å²) in [6.45, 7) is 26.7. The van der Waals surface area contributed by atoms with E-state index in [1.165, 1.54) is 44.9 Å². The summed E-state index contributed by atoms with van der Waals surface area (Å²) in [5.41, 5.74) is 0.682. The Labute approximate surface area is 216 Å². The van der Waals surface area contributed by atoms with Crippen molar-refractivity contribution in [3.8, 4) is 0 Å². The van der Waals surface area contributed by atoms with Crippen molar-refractivity contribution in [2.75, 3.05) is 26.2 Å². The van der Waals surface area contributed by atoms with Crippen LogP contribution in [0.15, 0.2) is 4.99 Å². The molecule has 0 amide bonds. The van der Waals surface area contributed by atoms with Gasteiger partial charge in [0.05, 0.1) is 0 Å². The van der Waals surface area contributed by atoms with Crippen LogP contribution in [0, 0.1) is 19.3 Å². The minimum absolute atomic E-state index is 0. The molecule has 190 valence electrons. The molecule has 0 aromatic heterocycles. The van der Waals surface area contributed by atoms with Gasteiger partial charge in [-0.25, -0.2) is 0 Å². The van der Waals surface area contributed by atoms with Gasteiger partial charge >= 0.3 is 33.5 Å². The standard InChI is InChI=1S/C22H45N3OSi2.CH3.2ClH.Cr/c1-17-16-19(26-28(8,9)22(3,4)5)20(18(17)2)27(6,7)25-15-11-14-24-13-10-12-23-21(24)25;;;;/h17-20H,10-16H2,1-9H3;1H3;2*1H;/q;-1;;;+2/p-2. The van der Waals surface area contributed by atoms with Gasteiger partial charge in [-0.05, 0) is 49.2 Å². The Morgan fingerprint density at radius 2 is 1.59 bits per heavy atom. The summed E-state index contributed by atoms with van der Waals surface area (Å²) in [6.07, 6.45) is 4.15. The third-order valence-corrected chi connectivity index (χ3v) is 17.3. The second kappa shape index (κ2) is 12.1. The van der Waals surface area contributed by atoms with Crippen molar-refractivity contribution in [2.24, 2.45) is 16.8 Å². The minimum atomic E-state index is -1.77. The molecular weight excluding hydrogens is 513 g/mol. The molecule has 0 aromatic carbocycles. The summed E-state index contributed by atoms with van der Waals surface area (Å²) in [5.74, 6) is 2.81. The van der Waals surface area contributed by atoms with Crippen molar-refractivity contribution in [1.82, 2.24) is 9.47 Å². The molecule has 32 heavy (non-hydrogen) atoms. The first kappa shape index (κ1) is 30.8. The Bertz CT molecular complexity index is 631. The summed E-state index contributed by atoms with van der Waals surface area (Å²) in [5, 5.41) is 0.272. The normalized spacial score (nSPS) is 28.9. The summed E-state index contributed by atoms with van der Waals surface area (Å²) in [6, 6.07) is 0. The fourth-order valence-electron chi connectivity index (χ4n) is 5.55. The van der Waals surface area contributed by atoms with E-state index in [0.717, 1.165) is 18.4 Å². The number of hydrogen-bond donors (Lipinski definition) is 0. The zero-order valence-corrected chi connectivity index (χ0v) is 27.0. The molecule has 0 N–H and O–H groups in total. The van der Waals surface area contributed by atoms with Gasteiger partial charge in [-0.3, -0.25) is 4.99 Å². The molecule has 3 aliphatic rings. The molecule has 4 atom stereocenters. The Balaban J connectivity index is 0.00000121.